The maximum absolute atomic E-state index is 12.5. The summed E-state index contributed by atoms with van der Waals surface area (Å²) in [6, 6.07) is 12.6. The summed E-state index contributed by atoms with van der Waals surface area (Å²) < 4.78 is 5.62. The SMILES string of the molecule is Cc1c(N)cccc1C(=O)c1cccc(OC(C)C)c1. The maximum Gasteiger partial charge on any atom is 0.193 e. The van der Waals surface area contributed by atoms with E-state index in [-0.39, 0.29) is 11.9 Å². The van der Waals surface area contributed by atoms with E-state index >= 15 is 0 Å². The van der Waals surface area contributed by atoms with Gasteiger partial charge in [-0.3, -0.25) is 4.79 Å². The molecule has 0 heterocycles. The molecule has 0 atom stereocenters. The molecule has 104 valence electrons. The Labute approximate surface area is 119 Å². The van der Waals surface area contributed by atoms with Crippen molar-refractivity contribution >= 4 is 11.5 Å². The highest BCUT2D eigenvalue weighted by Crippen LogP contribution is 2.22. The Balaban J connectivity index is 2.36. The summed E-state index contributed by atoms with van der Waals surface area (Å²) in [6.45, 7) is 5.77. The van der Waals surface area contributed by atoms with Gasteiger partial charge in [0.25, 0.3) is 0 Å². The van der Waals surface area contributed by atoms with Crippen molar-refractivity contribution in [2.45, 2.75) is 26.9 Å². The van der Waals surface area contributed by atoms with Crippen LogP contribution in [0.3, 0.4) is 0 Å². The molecular weight excluding hydrogens is 250 g/mol. The Kier molecular flexibility index (Phi) is 4.08. The number of nitrogens with two attached hydrogens (primary N) is 1. The van der Waals surface area contributed by atoms with Gasteiger partial charge in [-0.2, -0.15) is 0 Å². The lowest BCUT2D eigenvalue weighted by atomic mass is 9.98. The Bertz CT molecular complexity index is 633. The number of ether oxygens (including phenoxy) is 1. The van der Waals surface area contributed by atoms with Gasteiger partial charge in [-0.1, -0.05) is 24.3 Å². The zero-order chi connectivity index (χ0) is 14.7. The molecular formula is C17H19NO2. The summed E-state index contributed by atoms with van der Waals surface area (Å²) in [4.78, 5) is 12.5. The number of carbonyl (C=O) groups is 1. The van der Waals surface area contributed by atoms with Crippen LogP contribution >= 0.6 is 0 Å². The van der Waals surface area contributed by atoms with Gasteiger partial charge in [0.15, 0.2) is 5.78 Å². The summed E-state index contributed by atoms with van der Waals surface area (Å²) >= 11 is 0. The van der Waals surface area contributed by atoms with Gasteiger partial charge >= 0.3 is 0 Å². The molecule has 0 aliphatic rings. The van der Waals surface area contributed by atoms with Crippen molar-refractivity contribution in [1.82, 2.24) is 0 Å². The normalized spacial score (nSPS) is 10.6. The van der Waals surface area contributed by atoms with Gasteiger partial charge in [0, 0.05) is 16.8 Å². The Morgan fingerprint density at radius 3 is 2.55 bits per heavy atom. The van der Waals surface area contributed by atoms with Crippen LogP contribution < -0.4 is 10.5 Å². The predicted octanol–water partition coefficient (Wildman–Crippen LogP) is 3.60. The van der Waals surface area contributed by atoms with Gasteiger partial charge in [-0.25, -0.2) is 0 Å². The highest BCUT2D eigenvalue weighted by atomic mass is 16.5. The molecule has 0 unspecified atom stereocenters. The highest BCUT2D eigenvalue weighted by Gasteiger charge is 2.13. The Hall–Kier alpha value is -2.29. The standard InChI is InChI=1S/C17H19NO2/c1-11(2)20-14-7-4-6-13(10-14)17(19)15-8-5-9-16(18)12(15)3/h4-11H,18H2,1-3H3. The summed E-state index contributed by atoms with van der Waals surface area (Å²) in [5.41, 5.74) is 8.54. The third kappa shape index (κ3) is 2.99. The van der Waals surface area contributed by atoms with Crippen molar-refractivity contribution in [3.63, 3.8) is 0 Å². The fourth-order valence-corrected chi connectivity index (χ4v) is 2.04. The molecule has 0 spiro atoms. The molecule has 3 nitrogen and oxygen atoms in total. The maximum atomic E-state index is 12.5. The lowest BCUT2D eigenvalue weighted by Gasteiger charge is -2.11. The second-order valence-electron chi connectivity index (χ2n) is 5.04. The van der Waals surface area contributed by atoms with Crippen molar-refractivity contribution in [3.05, 3.63) is 59.2 Å². The van der Waals surface area contributed by atoms with Crippen LogP contribution in [0.25, 0.3) is 0 Å². The molecule has 0 bridgehead atoms. The van der Waals surface area contributed by atoms with Crippen molar-refractivity contribution in [1.29, 1.82) is 0 Å². The number of carbonyl (C=O) groups excluding carboxylic acids is 1. The lowest BCUT2D eigenvalue weighted by molar-refractivity contribution is 0.103. The zero-order valence-electron chi connectivity index (χ0n) is 12.0. The van der Waals surface area contributed by atoms with E-state index in [4.69, 9.17) is 10.5 Å². The molecule has 0 saturated heterocycles. The molecule has 0 saturated carbocycles. The average molecular weight is 269 g/mol. The van der Waals surface area contributed by atoms with Crippen molar-refractivity contribution in [2.75, 3.05) is 5.73 Å². The van der Waals surface area contributed by atoms with Gasteiger partial charge < -0.3 is 10.5 Å². The van der Waals surface area contributed by atoms with Gasteiger partial charge in [-0.05, 0) is 44.5 Å². The van der Waals surface area contributed by atoms with E-state index in [1.54, 1.807) is 30.3 Å². The minimum Gasteiger partial charge on any atom is -0.491 e. The molecule has 2 N–H and O–H groups in total. The lowest BCUT2D eigenvalue weighted by Crippen LogP contribution is -2.08. The molecule has 0 aromatic heterocycles. The number of nitrogen functional groups attached to an aromatic ring is 1. The molecule has 2 aromatic rings. The first-order chi connectivity index (χ1) is 9.49. The van der Waals surface area contributed by atoms with E-state index in [1.807, 2.05) is 32.9 Å². The zero-order valence-corrected chi connectivity index (χ0v) is 12.0. The number of ketones is 1. The first kappa shape index (κ1) is 14.1. The predicted molar refractivity (Wildman–Crippen MR) is 81.2 cm³/mol. The second kappa shape index (κ2) is 5.78. The van der Waals surface area contributed by atoms with Gasteiger partial charge in [0.2, 0.25) is 0 Å². The first-order valence-electron chi connectivity index (χ1n) is 6.65. The minimum atomic E-state index is -0.0380. The number of hydrogen-bond acceptors (Lipinski definition) is 3. The fourth-order valence-electron chi connectivity index (χ4n) is 2.04. The largest absolute Gasteiger partial charge is 0.491 e. The van der Waals surface area contributed by atoms with Crippen LogP contribution in [-0.4, -0.2) is 11.9 Å². The van der Waals surface area contributed by atoms with Gasteiger partial charge in [-0.15, -0.1) is 0 Å². The Morgan fingerprint density at radius 1 is 1.15 bits per heavy atom. The first-order valence-corrected chi connectivity index (χ1v) is 6.65. The van der Waals surface area contributed by atoms with Crippen LogP contribution in [0, 0.1) is 6.92 Å². The topological polar surface area (TPSA) is 52.3 Å². The quantitative estimate of drug-likeness (QED) is 0.681. The molecule has 20 heavy (non-hydrogen) atoms. The third-order valence-corrected chi connectivity index (χ3v) is 3.09. The molecule has 0 fully saturated rings. The van der Waals surface area contributed by atoms with Crippen LogP contribution in [0.4, 0.5) is 5.69 Å². The van der Waals surface area contributed by atoms with E-state index < -0.39 is 0 Å². The van der Waals surface area contributed by atoms with Crippen LogP contribution in [0.15, 0.2) is 42.5 Å². The summed E-state index contributed by atoms with van der Waals surface area (Å²) in [5, 5.41) is 0. The summed E-state index contributed by atoms with van der Waals surface area (Å²) in [7, 11) is 0. The summed E-state index contributed by atoms with van der Waals surface area (Å²) in [6.07, 6.45) is 0.0782. The average Bonchev–Trinajstić information content (AvgIpc) is 2.41. The molecule has 2 rings (SSSR count). The molecule has 0 aliphatic carbocycles. The molecule has 0 radical (unpaired) electrons. The number of rotatable bonds is 4. The van der Waals surface area contributed by atoms with Crippen molar-refractivity contribution in [2.24, 2.45) is 0 Å². The monoisotopic (exact) mass is 269 g/mol. The van der Waals surface area contributed by atoms with Gasteiger partial charge in [0.1, 0.15) is 5.75 Å². The second-order valence-corrected chi connectivity index (χ2v) is 5.04. The van der Waals surface area contributed by atoms with Crippen molar-refractivity contribution < 1.29 is 9.53 Å². The van der Waals surface area contributed by atoms with E-state index in [0.717, 1.165) is 5.56 Å². The molecule has 0 aliphatic heterocycles. The minimum absolute atomic E-state index is 0.0380. The van der Waals surface area contributed by atoms with Gasteiger partial charge in [0.05, 0.1) is 6.10 Å². The van der Waals surface area contributed by atoms with E-state index in [9.17, 15) is 4.79 Å². The van der Waals surface area contributed by atoms with Crippen molar-refractivity contribution in [3.8, 4) is 5.75 Å². The van der Waals surface area contributed by atoms with E-state index in [1.165, 1.54) is 0 Å². The molecule has 0 amide bonds. The molecule has 3 heteroatoms. The number of anilines is 1. The number of benzene rings is 2. The van der Waals surface area contributed by atoms with Crippen LogP contribution in [-0.2, 0) is 0 Å². The fraction of sp³-hybridized carbons (Fsp3) is 0.235. The van der Waals surface area contributed by atoms with E-state index in [2.05, 4.69) is 0 Å². The summed E-state index contributed by atoms with van der Waals surface area (Å²) in [5.74, 6) is 0.663. The smallest absolute Gasteiger partial charge is 0.193 e. The van der Waals surface area contributed by atoms with E-state index in [0.29, 0.717) is 22.6 Å². The van der Waals surface area contributed by atoms with Crippen LogP contribution in [0.2, 0.25) is 0 Å². The highest BCUT2D eigenvalue weighted by molar-refractivity contribution is 6.10. The van der Waals surface area contributed by atoms with Crippen LogP contribution in [0.1, 0.15) is 35.3 Å². The third-order valence-electron chi connectivity index (χ3n) is 3.09. The van der Waals surface area contributed by atoms with Crippen LogP contribution in [0.5, 0.6) is 5.75 Å². The number of hydrogen-bond donors (Lipinski definition) is 1. The Morgan fingerprint density at radius 2 is 1.85 bits per heavy atom. The molecule has 2 aromatic carbocycles.